The summed E-state index contributed by atoms with van der Waals surface area (Å²) < 4.78 is 12.8. The summed E-state index contributed by atoms with van der Waals surface area (Å²) in [6.45, 7) is 0. The Morgan fingerprint density at radius 3 is 2.94 bits per heavy atom. The number of benzene rings is 1. The molecule has 1 amide bonds. The van der Waals surface area contributed by atoms with Crippen LogP contribution in [0.4, 0.5) is 10.1 Å². The Bertz CT molecular complexity index is 461. The van der Waals surface area contributed by atoms with Crippen LogP contribution in [0.3, 0.4) is 0 Å². The van der Waals surface area contributed by atoms with Crippen molar-refractivity contribution in [2.75, 3.05) is 5.32 Å². The maximum Gasteiger partial charge on any atom is 0.224 e. The van der Waals surface area contributed by atoms with Gasteiger partial charge in [0.1, 0.15) is 11.9 Å². The van der Waals surface area contributed by atoms with Crippen molar-refractivity contribution >= 4 is 11.6 Å². The lowest BCUT2D eigenvalue weighted by Crippen LogP contribution is -2.13. The predicted octanol–water partition coefficient (Wildman–Crippen LogP) is 2.44. The van der Waals surface area contributed by atoms with Crippen LogP contribution < -0.4 is 5.32 Å². The molecule has 1 aliphatic carbocycles. The zero-order chi connectivity index (χ0) is 11.5. The Morgan fingerprint density at radius 1 is 1.56 bits per heavy atom. The van der Waals surface area contributed by atoms with Crippen molar-refractivity contribution < 1.29 is 9.18 Å². The zero-order valence-electron chi connectivity index (χ0n) is 8.66. The molecular formula is C12H11FN2O. The lowest BCUT2D eigenvalue weighted by atomic mass is 10.2. The lowest BCUT2D eigenvalue weighted by molar-refractivity contribution is -0.116. The Hall–Kier alpha value is -1.89. The third-order valence-corrected chi connectivity index (χ3v) is 2.55. The molecule has 1 aliphatic rings. The highest BCUT2D eigenvalue weighted by Crippen LogP contribution is 2.32. The first-order valence-electron chi connectivity index (χ1n) is 5.18. The maximum atomic E-state index is 12.8. The molecule has 0 aromatic heterocycles. The molecule has 0 heterocycles. The van der Waals surface area contributed by atoms with Crippen molar-refractivity contribution in [1.29, 1.82) is 5.26 Å². The quantitative estimate of drug-likeness (QED) is 0.847. The van der Waals surface area contributed by atoms with Gasteiger partial charge in [0.25, 0.3) is 0 Å². The van der Waals surface area contributed by atoms with E-state index in [9.17, 15) is 9.18 Å². The third-order valence-electron chi connectivity index (χ3n) is 2.55. The van der Waals surface area contributed by atoms with Gasteiger partial charge in [0.2, 0.25) is 5.91 Å². The van der Waals surface area contributed by atoms with E-state index in [4.69, 9.17) is 5.26 Å². The topological polar surface area (TPSA) is 52.9 Å². The number of nitrogens with one attached hydrogen (secondary N) is 1. The standard InChI is InChI=1S/C12H11FN2O/c13-10-3-4-11(9(6-10)7-14)15-12(16)5-8-1-2-8/h3-4,6,8H,1-2,5H2,(H,15,16). The van der Waals surface area contributed by atoms with Crippen molar-refractivity contribution in [1.82, 2.24) is 0 Å². The van der Waals surface area contributed by atoms with Gasteiger partial charge >= 0.3 is 0 Å². The monoisotopic (exact) mass is 218 g/mol. The van der Waals surface area contributed by atoms with E-state index < -0.39 is 5.82 Å². The maximum absolute atomic E-state index is 12.8. The van der Waals surface area contributed by atoms with Crippen molar-refractivity contribution in [3.05, 3.63) is 29.6 Å². The van der Waals surface area contributed by atoms with Gasteiger partial charge in [-0.2, -0.15) is 5.26 Å². The number of carbonyl (C=O) groups is 1. The Balaban J connectivity index is 2.08. The fraction of sp³-hybridized carbons (Fsp3) is 0.333. The average molecular weight is 218 g/mol. The van der Waals surface area contributed by atoms with Gasteiger partial charge in [-0.25, -0.2) is 4.39 Å². The lowest BCUT2D eigenvalue weighted by Gasteiger charge is -2.06. The van der Waals surface area contributed by atoms with Crippen LogP contribution in [0.5, 0.6) is 0 Å². The fourth-order valence-corrected chi connectivity index (χ4v) is 1.50. The number of carbonyl (C=O) groups excluding carboxylic acids is 1. The summed E-state index contributed by atoms with van der Waals surface area (Å²) in [6, 6.07) is 5.62. The molecule has 0 atom stereocenters. The van der Waals surface area contributed by atoms with Gasteiger partial charge in [-0.15, -0.1) is 0 Å². The van der Waals surface area contributed by atoms with E-state index in [1.54, 1.807) is 0 Å². The van der Waals surface area contributed by atoms with Crippen LogP contribution in [0.25, 0.3) is 0 Å². The molecule has 0 saturated heterocycles. The van der Waals surface area contributed by atoms with Crippen LogP contribution in [0.15, 0.2) is 18.2 Å². The van der Waals surface area contributed by atoms with Crippen LogP contribution in [0, 0.1) is 23.1 Å². The van der Waals surface area contributed by atoms with Crippen LogP contribution in [-0.2, 0) is 4.79 Å². The van der Waals surface area contributed by atoms with Gasteiger partial charge in [0.05, 0.1) is 11.3 Å². The molecule has 0 bridgehead atoms. The first kappa shape index (κ1) is 10.6. The predicted molar refractivity (Wildman–Crippen MR) is 57.1 cm³/mol. The Labute approximate surface area is 92.9 Å². The molecule has 2 rings (SSSR count). The van der Waals surface area contributed by atoms with Gasteiger partial charge < -0.3 is 5.32 Å². The number of hydrogen-bond donors (Lipinski definition) is 1. The second kappa shape index (κ2) is 4.31. The van der Waals surface area contributed by atoms with Crippen molar-refractivity contribution in [3.8, 4) is 6.07 Å². The molecule has 82 valence electrons. The largest absolute Gasteiger partial charge is 0.325 e. The smallest absolute Gasteiger partial charge is 0.224 e. The first-order chi connectivity index (χ1) is 7.69. The third kappa shape index (κ3) is 2.57. The van der Waals surface area contributed by atoms with E-state index in [1.807, 2.05) is 6.07 Å². The number of anilines is 1. The highest BCUT2D eigenvalue weighted by Gasteiger charge is 2.24. The minimum Gasteiger partial charge on any atom is -0.325 e. The van der Waals surface area contributed by atoms with Crippen LogP contribution in [-0.4, -0.2) is 5.91 Å². The summed E-state index contributed by atoms with van der Waals surface area (Å²) in [7, 11) is 0. The van der Waals surface area contributed by atoms with E-state index >= 15 is 0 Å². The molecule has 3 nitrogen and oxygen atoms in total. The summed E-state index contributed by atoms with van der Waals surface area (Å²) in [5.41, 5.74) is 0.540. The molecule has 0 spiro atoms. The van der Waals surface area contributed by atoms with E-state index in [0.29, 0.717) is 18.0 Å². The number of rotatable bonds is 3. The molecule has 0 unspecified atom stereocenters. The summed E-state index contributed by atoms with van der Waals surface area (Å²) in [5.74, 6) is -0.0895. The summed E-state index contributed by atoms with van der Waals surface area (Å²) in [4.78, 5) is 11.5. The summed E-state index contributed by atoms with van der Waals surface area (Å²) in [5, 5.41) is 11.4. The Kier molecular flexibility index (Phi) is 2.86. The normalized spacial score (nSPS) is 14.2. The van der Waals surface area contributed by atoms with E-state index in [-0.39, 0.29) is 11.5 Å². The SMILES string of the molecule is N#Cc1cc(F)ccc1NC(=O)CC1CC1. The Morgan fingerprint density at radius 2 is 2.31 bits per heavy atom. The number of nitriles is 1. The number of hydrogen-bond acceptors (Lipinski definition) is 2. The van der Waals surface area contributed by atoms with Crippen molar-refractivity contribution in [2.24, 2.45) is 5.92 Å². The van der Waals surface area contributed by atoms with Crippen LogP contribution in [0.2, 0.25) is 0 Å². The molecule has 1 aromatic rings. The molecule has 1 saturated carbocycles. The molecule has 1 fully saturated rings. The van der Waals surface area contributed by atoms with Gasteiger partial charge in [0.15, 0.2) is 0 Å². The van der Waals surface area contributed by atoms with Crippen molar-refractivity contribution in [2.45, 2.75) is 19.3 Å². The van der Waals surface area contributed by atoms with Gasteiger partial charge in [-0.3, -0.25) is 4.79 Å². The minimum absolute atomic E-state index is 0.106. The highest BCUT2D eigenvalue weighted by molar-refractivity contribution is 5.92. The van der Waals surface area contributed by atoms with Gasteiger partial charge in [0, 0.05) is 6.42 Å². The second-order valence-electron chi connectivity index (χ2n) is 4.00. The summed E-state index contributed by atoms with van der Waals surface area (Å²) in [6.07, 6.45) is 2.69. The van der Waals surface area contributed by atoms with Crippen LogP contribution in [0.1, 0.15) is 24.8 Å². The minimum atomic E-state index is -0.475. The second-order valence-corrected chi connectivity index (χ2v) is 4.00. The molecule has 0 aliphatic heterocycles. The van der Waals surface area contributed by atoms with Gasteiger partial charge in [-0.1, -0.05) is 0 Å². The fourth-order valence-electron chi connectivity index (χ4n) is 1.50. The highest BCUT2D eigenvalue weighted by atomic mass is 19.1. The van der Waals surface area contributed by atoms with E-state index in [0.717, 1.165) is 18.9 Å². The number of nitrogens with zero attached hydrogens (tertiary/aromatic N) is 1. The van der Waals surface area contributed by atoms with Gasteiger partial charge in [-0.05, 0) is 37.0 Å². The number of halogens is 1. The molecule has 1 N–H and O–H groups in total. The summed E-state index contributed by atoms with van der Waals surface area (Å²) >= 11 is 0. The van der Waals surface area contributed by atoms with Crippen LogP contribution >= 0.6 is 0 Å². The van der Waals surface area contributed by atoms with Crippen molar-refractivity contribution in [3.63, 3.8) is 0 Å². The van der Waals surface area contributed by atoms with E-state index in [1.165, 1.54) is 12.1 Å². The molecule has 0 radical (unpaired) electrons. The molecule has 16 heavy (non-hydrogen) atoms. The zero-order valence-corrected chi connectivity index (χ0v) is 8.66. The molecule has 1 aromatic carbocycles. The van der Waals surface area contributed by atoms with E-state index in [2.05, 4.69) is 5.32 Å². The number of amides is 1. The average Bonchev–Trinajstić information content (AvgIpc) is 3.04. The molecular weight excluding hydrogens is 207 g/mol. The molecule has 4 heteroatoms. The first-order valence-corrected chi connectivity index (χ1v) is 5.18.